The molecule has 0 spiro atoms. The number of fused-ring (bicyclic) bond motifs is 1. The number of aromatic nitrogens is 4. The third kappa shape index (κ3) is 2.32. The van der Waals surface area contributed by atoms with Crippen LogP contribution in [0, 0.1) is 0 Å². The van der Waals surface area contributed by atoms with Gasteiger partial charge in [-0.05, 0) is 39.9 Å². The van der Waals surface area contributed by atoms with Crippen LogP contribution in [0.4, 0.5) is 0 Å². The topological polar surface area (TPSA) is 55.6 Å². The monoisotopic (exact) mass is 253 g/mol. The van der Waals surface area contributed by atoms with E-state index >= 15 is 0 Å². The molecule has 0 bridgehead atoms. The highest BCUT2D eigenvalue weighted by molar-refractivity contribution is 5.84. The molecule has 0 aliphatic rings. The highest BCUT2D eigenvalue weighted by atomic mass is 15.5. The third-order valence-electron chi connectivity index (χ3n) is 3.04. The molecule has 19 heavy (non-hydrogen) atoms. The van der Waals surface area contributed by atoms with E-state index in [9.17, 15) is 0 Å². The number of hydrogen-bond acceptors (Lipinski definition) is 4. The van der Waals surface area contributed by atoms with Crippen LogP contribution >= 0.6 is 0 Å². The first-order valence-electron chi connectivity index (χ1n) is 6.35. The Balaban J connectivity index is 2.01. The highest BCUT2D eigenvalue weighted by Gasteiger charge is 2.07. The molecular weight excluding hydrogens is 238 g/mol. The summed E-state index contributed by atoms with van der Waals surface area (Å²) in [4.78, 5) is 0. The van der Waals surface area contributed by atoms with Crippen molar-refractivity contribution in [2.24, 2.45) is 0 Å². The lowest BCUT2D eigenvalue weighted by atomic mass is 10.1. The zero-order valence-electron chi connectivity index (χ0n) is 10.7. The Kier molecular flexibility index (Phi) is 3.20. The summed E-state index contributed by atoms with van der Waals surface area (Å²) in [6.45, 7) is 3.62. The van der Waals surface area contributed by atoms with Crippen molar-refractivity contribution in [3.05, 3.63) is 48.3 Å². The van der Waals surface area contributed by atoms with Gasteiger partial charge in [-0.2, -0.15) is 4.68 Å². The molecule has 0 radical (unpaired) electrons. The summed E-state index contributed by atoms with van der Waals surface area (Å²) in [5.41, 5.74) is 0.983. The van der Waals surface area contributed by atoms with Crippen molar-refractivity contribution in [2.45, 2.75) is 13.5 Å². The Morgan fingerprint density at radius 1 is 1.11 bits per heavy atom. The molecule has 0 fully saturated rings. The number of tetrazole rings is 1. The van der Waals surface area contributed by atoms with Crippen molar-refractivity contribution in [1.29, 1.82) is 0 Å². The number of rotatable bonds is 4. The Morgan fingerprint density at radius 2 is 1.95 bits per heavy atom. The van der Waals surface area contributed by atoms with Crippen LogP contribution in [0.25, 0.3) is 16.5 Å². The van der Waals surface area contributed by atoms with Crippen LogP contribution in [-0.2, 0) is 6.54 Å². The fourth-order valence-corrected chi connectivity index (χ4v) is 2.06. The van der Waals surface area contributed by atoms with Gasteiger partial charge in [0.05, 0.1) is 12.2 Å². The van der Waals surface area contributed by atoms with E-state index in [2.05, 4.69) is 52.0 Å². The maximum atomic E-state index is 4.06. The average molecular weight is 253 g/mol. The second-order valence-corrected chi connectivity index (χ2v) is 4.32. The van der Waals surface area contributed by atoms with Crippen LogP contribution < -0.4 is 5.32 Å². The first-order valence-corrected chi connectivity index (χ1v) is 6.35. The van der Waals surface area contributed by atoms with Crippen molar-refractivity contribution in [1.82, 2.24) is 25.5 Å². The Labute approximate surface area is 111 Å². The maximum absolute atomic E-state index is 4.06. The molecule has 0 atom stereocenters. The Morgan fingerprint density at radius 3 is 2.79 bits per heavy atom. The van der Waals surface area contributed by atoms with E-state index in [0.717, 1.165) is 18.1 Å². The van der Waals surface area contributed by atoms with E-state index in [-0.39, 0.29) is 0 Å². The summed E-state index contributed by atoms with van der Waals surface area (Å²) in [7, 11) is 0. The molecule has 1 aromatic heterocycles. The molecule has 0 aliphatic carbocycles. The average Bonchev–Trinajstić information content (AvgIpc) is 2.93. The Bertz CT molecular complexity index is 689. The molecule has 0 aliphatic heterocycles. The lowest BCUT2D eigenvalue weighted by Gasteiger charge is -2.06. The zero-order valence-corrected chi connectivity index (χ0v) is 10.7. The standard InChI is InChI=1S/C14H15N5/c1-2-15-10-14-16-17-18-19(14)13-8-7-11-5-3-4-6-12(11)9-13/h3-9,15H,2,10H2,1H3. The molecule has 96 valence electrons. The maximum Gasteiger partial charge on any atom is 0.170 e. The summed E-state index contributed by atoms with van der Waals surface area (Å²) in [5, 5.41) is 17.5. The molecule has 3 aromatic rings. The molecule has 5 heteroatoms. The van der Waals surface area contributed by atoms with Crippen LogP contribution in [0.3, 0.4) is 0 Å². The van der Waals surface area contributed by atoms with E-state index < -0.39 is 0 Å². The molecule has 2 aromatic carbocycles. The van der Waals surface area contributed by atoms with Crippen LogP contribution in [0.5, 0.6) is 0 Å². The van der Waals surface area contributed by atoms with Gasteiger partial charge in [0.15, 0.2) is 5.82 Å². The van der Waals surface area contributed by atoms with E-state index in [0.29, 0.717) is 6.54 Å². The zero-order chi connectivity index (χ0) is 13.1. The molecule has 3 rings (SSSR count). The van der Waals surface area contributed by atoms with E-state index in [1.165, 1.54) is 10.8 Å². The van der Waals surface area contributed by atoms with Gasteiger partial charge in [0.2, 0.25) is 0 Å². The fraction of sp³-hybridized carbons (Fsp3) is 0.214. The van der Waals surface area contributed by atoms with Gasteiger partial charge in [-0.25, -0.2) is 0 Å². The van der Waals surface area contributed by atoms with Gasteiger partial charge in [0.25, 0.3) is 0 Å². The predicted molar refractivity (Wildman–Crippen MR) is 74.0 cm³/mol. The lowest BCUT2D eigenvalue weighted by molar-refractivity contribution is 0.664. The lowest BCUT2D eigenvalue weighted by Crippen LogP contribution is -2.16. The predicted octanol–water partition coefficient (Wildman–Crippen LogP) is 1.92. The normalized spacial score (nSPS) is 11.0. The first-order chi connectivity index (χ1) is 9.38. The van der Waals surface area contributed by atoms with Crippen molar-refractivity contribution in [3.8, 4) is 5.69 Å². The van der Waals surface area contributed by atoms with Crippen molar-refractivity contribution >= 4 is 10.8 Å². The number of nitrogens with zero attached hydrogens (tertiary/aromatic N) is 4. The van der Waals surface area contributed by atoms with Crippen molar-refractivity contribution in [2.75, 3.05) is 6.54 Å². The quantitative estimate of drug-likeness (QED) is 0.772. The third-order valence-corrected chi connectivity index (χ3v) is 3.04. The molecule has 0 saturated heterocycles. The van der Waals surface area contributed by atoms with Gasteiger partial charge in [-0.15, -0.1) is 5.10 Å². The molecule has 5 nitrogen and oxygen atoms in total. The number of benzene rings is 2. The van der Waals surface area contributed by atoms with Gasteiger partial charge < -0.3 is 5.32 Å². The van der Waals surface area contributed by atoms with Crippen molar-refractivity contribution < 1.29 is 0 Å². The van der Waals surface area contributed by atoms with Gasteiger partial charge in [0, 0.05) is 0 Å². The summed E-state index contributed by atoms with van der Waals surface area (Å²) in [5.74, 6) is 0.817. The second-order valence-electron chi connectivity index (χ2n) is 4.32. The van der Waals surface area contributed by atoms with Crippen LogP contribution in [0.2, 0.25) is 0 Å². The summed E-state index contributed by atoms with van der Waals surface area (Å²) >= 11 is 0. The van der Waals surface area contributed by atoms with Gasteiger partial charge in [-0.3, -0.25) is 0 Å². The second kappa shape index (κ2) is 5.16. The smallest absolute Gasteiger partial charge is 0.170 e. The largest absolute Gasteiger partial charge is 0.310 e. The van der Waals surface area contributed by atoms with Crippen LogP contribution in [0.1, 0.15) is 12.7 Å². The minimum atomic E-state index is 0.663. The summed E-state index contributed by atoms with van der Waals surface area (Å²) < 4.78 is 1.77. The van der Waals surface area contributed by atoms with Gasteiger partial charge in [-0.1, -0.05) is 37.3 Å². The molecule has 0 unspecified atom stereocenters. The fourth-order valence-electron chi connectivity index (χ4n) is 2.06. The summed E-state index contributed by atoms with van der Waals surface area (Å²) in [6, 6.07) is 14.5. The molecule has 1 N–H and O–H groups in total. The van der Waals surface area contributed by atoms with Crippen LogP contribution in [0.15, 0.2) is 42.5 Å². The number of hydrogen-bond donors (Lipinski definition) is 1. The van der Waals surface area contributed by atoms with Crippen molar-refractivity contribution in [3.63, 3.8) is 0 Å². The van der Waals surface area contributed by atoms with E-state index in [1.54, 1.807) is 4.68 Å². The minimum absolute atomic E-state index is 0.663. The molecular formula is C14H15N5. The molecule has 0 amide bonds. The van der Waals surface area contributed by atoms with Crippen LogP contribution in [-0.4, -0.2) is 26.8 Å². The molecule has 1 heterocycles. The van der Waals surface area contributed by atoms with E-state index in [1.807, 2.05) is 18.2 Å². The van der Waals surface area contributed by atoms with E-state index in [4.69, 9.17) is 0 Å². The summed E-state index contributed by atoms with van der Waals surface area (Å²) in [6.07, 6.45) is 0. The van der Waals surface area contributed by atoms with Gasteiger partial charge in [0.1, 0.15) is 0 Å². The minimum Gasteiger partial charge on any atom is -0.310 e. The highest BCUT2D eigenvalue weighted by Crippen LogP contribution is 2.18. The first kappa shape index (κ1) is 11.8. The molecule has 0 saturated carbocycles. The van der Waals surface area contributed by atoms with Gasteiger partial charge >= 0.3 is 0 Å². The number of nitrogens with one attached hydrogen (secondary N) is 1. The SMILES string of the molecule is CCNCc1nnnn1-c1ccc2ccccc2c1. The Hall–Kier alpha value is -2.27.